The van der Waals surface area contributed by atoms with Crippen molar-refractivity contribution >= 4 is 29.0 Å². The number of aromatic nitrogens is 1. The number of methoxy groups -OCH3 is 1. The molecule has 1 aromatic heterocycles. The van der Waals surface area contributed by atoms with Crippen LogP contribution < -0.4 is 20.1 Å². The zero-order valence-corrected chi connectivity index (χ0v) is 19.9. The van der Waals surface area contributed by atoms with Crippen LogP contribution in [0, 0.1) is 0 Å². The maximum Gasteiger partial charge on any atom is 0.322 e. The molecule has 1 saturated heterocycles. The number of anilines is 1. The van der Waals surface area contributed by atoms with E-state index in [9.17, 15) is 9.59 Å². The van der Waals surface area contributed by atoms with Crippen LogP contribution in [-0.4, -0.2) is 66.3 Å². The number of oxazole rings is 1. The van der Waals surface area contributed by atoms with Crippen LogP contribution in [-0.2, 0) is 11.3 Å². The van der Waals surface area contributed by atoms with Crippen molar-refractivity contribution in [1.82, 2.24) is 15.2 Å². The molecular weight excluding hydrogens is 452 g/mol. The number of para-hydroxylation sites is 1. The summed E-state index contributed by atoms with van der Waals surface area (Å²) in [7, 11) is 1.64. The molecular formula is C25H30N4O6. The molecule has 35 heavy (non-hydrogen) atoms. The standard InChI is InChI=1S/C25H30N4O6/c1-3-34-21-13-16(7-8-19(21)33-2)15-29-11-9-17(10-12-29)27-25-28-23-18(5-4-6-20(23)35-25)24(32)26-14-22(30)31/h4-8,13,17H,3,9-12,14-15H2,1-2H3,(H,26,32)(H,27,28)(H,30,31). The number of aliphatic carboxylic acids is 1. The zero-order valence-electron chi connectivity index (χ0n) is 19.9. The van der Waals surface area contributed by atoms with Crippen LogP contribution in [0.25, 0.3) is 11.1 Å². The summed E-state index contributed by atoms with van der Waals surface area (Å²) in [4.78, 5) is 29.9. The molecule has 0 bridgehead atoms. The Kier molecular flexibility index (Phi) is 7.71. The van der Waals surface area contributed by atoms with Crippen LogP contribution in [0.1, 0.15) is 35.7 Å². The average Bonchev–Trinajstić information content (AvgIpc) is 3.26. The van der Waals surface area contributed by atoms with E-state index in [4.69, 9.17) is 19.0 Å². The van der Waals surface area contributed by atoms with E-state index in [2.05, 4.69) is 26.6 Å². The maximum absolute atomic E-state index is 12.3. The van der Waals surface area contributed by atoms with E-state index in [-0.39, 0.29) is 11.6 Å². The van der Waals surface area contributed by atoms with E-state index in [1.54, 1.807) is 25.3 Å². The van der Waals surface area contributed by atoms with Gasteiger partial charge < -0.3 is 29.6 Å². The highest BCUT2D eigenvalue weighted by Crippen LogP contribution is 2.29. The topological polar surface area (TPSA) is 126 Å². The summed E-state index contributed by atoms with van der Waals surface area (Å²) >= 11 is 0. The lowest BCUT2D eigenvalue weighted by atomic mass is 10.0. The van der Waals surface area contributed by atoms with Gasteiger partial charge >= 0.3 is 5.97 Å². The highest BCUT2D eigenvalue weighted by molar-refractivity contribution is 6.05. The number of carboxylic acids is 1. The predicted molar refractivity (Wildman–Crippen MR) is 130 cm³/mol. The van der Waals surface area contributed by atoms with Gasteiger partial charge in [0.15, 0.2) is 17.1 Å². The largest absolute Gasteiger partial charge is 0.493 e. The van der Waals surface area contributed by atoms with Crippen molar-refractivity contribution in [1.29, 1.82) is 0 Å². The molecule has 10 nitrogen and oxygen atoms in total. The highest BCUT2D eigenvalue weighted by Gasteiger charge is 2.22. The van der Waals surface area contributed by atoms with Crippen molar-refractivity contribution in [2.75, 3.05) is 38.7 Å². The van der Waals surface area contributed by atoms with Crippen LogP contribution in [0.2, 0.25) is 0 Å². The normalized spacial score (nSPS) is 14.6. The van der Waals surface area contributed by atoms with Gasteiger partial charge in [0.1, 0.15) is 12.1 Å². The van der Waals surface area contributed by atoms with E-state index in [0.29, 0.717) is 23.7 Å². The van der Waals surface area contributed by atoms with Crippen molar-refractivity contribution in [2.45, 2.75) is 32.4 Å². The van der Waals surface area contributed by atoms with Gasteiger partial charge in [-0.2, -0.15) is 4.98 Å². The quantitative estimate of drug-likeness (QED) is 0.399. The van der Waals surface area contributed by atoms with Gasteiger partial charge in [0.2, 0.25) is 0 Å². The number of rotatable bonds is 10. The number of nitrogens with zero attached hydrogens (tertiary/aromatic N) is 2. The summed E-state index contributed by atoms with van der Waals surface area (Å²) in [5.41, 5.74) is 2.33. The second kappa shape index (κ2) is 11.1. The van der Waals surface area contributed by atoms with E-state index >= 15 is 0 Å². The third kappa shape index (κ3) is 6.02. The number of nitrogens with one attached hydrogen (secondary N) is 2. The second-order valence-electron chi connectivity index (χ2n) is 8.36. The first-order valence-corrected chi connectivity index (χ1v) is 11.6. The summed E-state index contributed by atoms with van der Waals surface area (Å²) in [6, 6.07) is 11.6. The van der Waals surface area contributed by atoms with Gasteiger partial charge in [-0.05, 0) is 49.6 Å². The van der Waals surface area contributed by atoms with Gasteiger partial charge in [0.25, 0.3) is 11.9 Å². The van der Waals surface area contributed by atoms with Crippen LogP contribution in [0.15, 0.2) is 40.8 Å². The lowest BCUT2D eigenvalue weighted by Crippen LogP contribution is -2.38. The Morgan fingerprint density at radius 2 is 2.00 bits per heavy atom. The fourth-order valence-electron chi connectivity index (χ4n) is 4.20. The van der Waals surface area contributed by atoms with Crippen LogP contribution in [0.3, 0.4) is 0 Å². The molecule has 1 fully saturated rings. The molecule has 2 heterocycles. The molecule has 1 aliphatic rings. The minimum Gasteiger partial charge on any atom is -0.493 e. The van der Waals surface area contributed by atoms with Crippen molar-refractivity contribution in [3.8, 4) is 11.5 Å². The molecule has 3 aromatic rings. The molecule has 0 radical (unpaired) electrons. The Balaban J connectivity index is 1.35. The van der Waals surface area contributed by atoms with Gasteiger partial charge in [-0.1, -0.05) is 12.1 Å². The predicted octanol–water partition coefficient (Wildman–Crippen LogP) is 3.13. The fraction of sp³-hybridized carbons (Fsp3) is 0.400. The van der Waals surface area contributed by atoms with Crippen molar-refractivity contribution in [3.05, 3.63) is 47.5 Å². The average molecular weight is 483 g/mol. The SMILES string of the molecule is CCOc1cc(CN2CCC(Nc3nc4c(C(=O)NCC(=O)O)cccc4o3)CC2)ccc1OC. The number of hydrogen-bond acceptors (Lipinski definition) is 8. The Morgan fingerprint density at radius 3 is 2.71 bits per heavy atom. The van der Waals surface area contributed by atoms with Crippen molar-refractivity contribution in [3.63, 3.8) is 0 Å². The number of carbonyl (C=O) groups is 2. The molecule has 0 saturated carbocycles. The number of amides is 1. The molecule has 2 aromatic carbocycles. The summed E-state index contributed by atoms with van der Waals surface area (Å²) in [6.07, 6.45) is 1.83. The number of likely N-dealkylation sites (tertiary alicyclic amines) is 1. The van der Waals surface area contributed by atoms with Gasteiger partial charge in [-0.3, -0.25) is 14.5 Å². The molecule has 4 rings (SSSR count). The van der Waals surface area contributed by atoms with Crippen LogP contribution in [0.4, 0.5) is 6.01 Å². The van der Waals surface area contributed by atoms with E-state index in [1.807, 2.05) is 19.1 Å². The third-order valence-electron chi connectivity index (χ3n) is 5.91. The molecule has 1 amide bonds. The Morgan fingerprint density at radius 1 is 1.20 bits per heavy atom. The molecule has 3 N–H and O–H groups in total. The highest BCUT2D eigenvalue weighted by atomic mass is 16.5. The van der Waals surface area contributed by atoms with Crippen molar-refractivity contribution in [2.24, 2.45) is 0 Å². The monoisotopic (exact) mass is 482 g/mol. The molecule has 0 aliphatic carbocycles. The maximum atomic E-state index is 12.3. The Bertz CT molecular complexity index is 1190. The number of carbonyl (C=O) groups excluding carboxylic acids is 1. The van der Waals surface area contributed by atoms with E-state index in [0.717, 1.165) is 44.0 Å². The van der Waals surface area contributed by atoms with Crippen LogP contribution >= 0.6 is 0 Å². The Hall–Kier alpha value is -3.79. The lowest BCUT2D eigenvalue weighted by molar-refractivity contribution is -0.135. The van der Waals surface area contributed by atoms with E-state index in [1.165, 1.54) is 5.56 Å². The summed E-state index contributed by atoms with van der Waals surface area (Å²) in [5.74, 6) is -0.117. The molecule has 186 valence electrons. The van der Waals surface area contributed by atoms with Gasteiger partial charge in [0.05, 0.1) is 19.3 Å². The third-order valence-corrected chi connectivity index (χ3v) is 5.91. The molecule has 0 spiro atoms. The molecule has 0 atom stereocenters. The first kappa shape index (κ1) is 24.3. The minimum absolute atomic E-state index is 0.193. The number of ether oxygens (including phenoxy) is 2. The first-order chi connectivity index (χ1) is 17.0. The summed E-state index contributed by atoms with van der Waals surface area (Å²) in [6.45, 7) is 4.74. The van der Waals surface area contributed by atoms with Crippen LogP contribution in [0.5, 0.6) is 11.5 Å². The number of carboxylic acid groups (broad SMARTS) is 1. The molecule has 1 aliphatic heterocycles. The Labute approximate surface area is 203 Å². The van der Waals surface area contributed by atoms with Gasteiger partial charge in [-0.25, -0.2) is 0 Å². The lowest BCUT2D eigenvalue weighted by Gasteiger charge is -2.32. The van der Waals surface area contributed by atoms with Crippen molar-refractivity contribution < 1.29 is 28.6 Å². The first-order valence-electron chi connectivity index (χ1n) is 11.6. The molecule has 10 heteroatoms. The summed E-state index contributed by atoms with van der Waals surface area (Å²) < 4.78 is 16.9. The number of fused-ring (bicyclic) bond motifs is 1. The van der Waals surface area contributed by atoms with Gasteiger partial charge in [0, 0.05) is 25.7 Å². The van der Waals surface area contributed by atoms with Gasteiger partial charge in [-0.15, -0.1) is 0 Å². The second-order valence-corrected chi connectivity index (χ2v) is 8.36. The zero-order chi connectivity index (χ0) is 24.8. The van der Waals surface area contributed by atoms with E-state index < -0.39 is 18.4 Å². The minimum atomic E-state index is -1.11. The smallest absolute Gasteiger partial charge is 0.322 e. The fourth-order valence-corrected chi connectivity index (χ4v) is 4.20. The summed E-state index contributed by atoms with van der Waals surface area (Å²) in [5, 5.41) is 14.5. The number of piperidine rings is 1. The number of hydrogen-bond donors (Lipinski definition) is 3. The number of benzene rings is 2. The molecule has 0 unspecified atom stereocenters.